The molecule has 6 nitrogen and oxygen atoms in total. The minimum atomic E-state index is -3.71. The molecule has 1 rings (SSSR count). The third-order valence-electron chi connectivity index (χ3n) is 1.21. The van der Waals surface area contributed by atoms with Crippen molar-refractivity contribution < 1.29 is 28.0 Å². The Morgan fingerprint density at radius 1 is 1.57 bits per heavy atom. The normalized spacial score (nSPS) is 30.2. The second-order valence-electron chi connectivity index (χ2n) is 2.49. The minimum absolute atomic E-state index is 0.109. The number of carbonyl (C=O) groups is 1. The number of phosphoric ester groups is 1. The molecule has 0 amide bonds. The Bertz CT molecular complexity index is 312. The van der Waals surface area contributed by atoms with E-state index < -0.39 is 20.1 Å². The van der Waals surface area contributed by atoms with E-state index in [-0.39, 0.29) is 5.57 Å². The molecular weight excluding hydrogens is 211 g/mol. The molecule has 1 aliphatic rings. The van der Waals surface area contributed by atoms with Crippen LogP contribution in [0.4, 0.5) is 0 Å². The molecule has 0 aliphatic carbocycles. The first-order chi connectivity index (χ1) is 6.47. The Morgan fingerprint density at radius 3 is 2.57 bits per heavy atom. The molecule has 78 valence electrons. The van der Waals surface area contributed by atoms with Crippen LogP contribution in [0, 0.1) is 0 Å². The lowest BCUT2D eigenvalue weighted by Gasteiger charge is -2.29. The molecule has 1 fully saturated rings. The van der Waals surface area contributed by atoms with E-state index in [4.69, 9.17) is 0 Å². The summed E-state index contributed by atoms with van der Waals surface area (Å²) in [6.45, 7) is 8.03. The summed E-state index contributed by atoms with van der Waals surface area (Å²) < 4.78 is 24.5. The van der Waals surface area contributed by atoms with Crippen molar-refractivity contribution >= 4 is 13.8 Å². The highest BCUT2D eigenvalue weighted by atomic mass is 31.2. The lowest BCUT2D eigenvalue weighted by atomic mass is 10.4. The zero-order valence-electron chi connectivity index (χ0n) is 7.47. The summed E-state index contributed by atoms with van der Waals surface area (Å²) in [5.74, 6) is -0.838. The van der Waals surface area contributed by atoms with Crippen molar-refractivity contribution in [2.24, 2.45) is 0 Å². The molecule has 0 aromatic rings. The van der Waals surface area contributed by atoms with E-state index in [0.29, 0.717) is 0 Å². The van der Waals surface area contributed by atoms with Gasteiger partial charge in [0.05, 0.1) is 0 Å². The van der Waals surface area contributed by atoms with Crippen molar-refractivity contribution in [3.8, 4) is 0 Å². The van der Waals surface area contributed by atoms with Gasteiger partial charge in [-0.25, -0.2) is 18.4 Å². The molecule has 7 heteroatoms. The standard InChI is InChI=1S/C7H9O6P/c1-4-6-11-14(9,12-6)13-10-7(8)5(2)3/h4,6H,1-2H2,3H3. The van der Waals surface area contributed by atoms with Crippen LogP contribution in [0.5, 0.6) is 0 Å². The van der Waals surface area contributed by atoms with Crippen molar-refractivity contribution in [1.82, 2.24) is 0 Å². The topological polar surface area (TPSA) is 71.1 Å². The van der Waals surface area contributed by atoms with E-state index in [1.165, 1.54) is 13.0 Å². The average Bonchev–Trinajstić information content (AvgIpc) is 2.09. The Labute approximate surface area is 80.6 Å². The molecular formula is C7H9O6P. The van der Waals surface area contributed by atoms with Gasteiger partial charge in [-0.05, 0) is 13.0 Å². The zero-order valence-corrected chi connectivity index (χ0v) is 8.36. The van der Waals surface area contributed by atoms with Crippen molar-refractivity contribution in [2.45, 2.75) is 13.2 Å². The van der Waals surface area contributed by atoms with Gasteiger partial charge in [0.2, 0.25) is 0 Å². The fraction of sp³-hybridized carbons (Fsp3) is 0.286. The minimum Gasteiger partial charge on any atom is -0.283 e. The van der Waals surface area contributed by atoms with E-state index in [9.17, 15) is 9.36 Å². The van der Waals surface area contributed by atoms with Crippen LogP contribution in [0.1, 0.15) is 6.92 Å². The van der Waals surface area contributed by atoms with Gasteiger partial charge >= 0.3 is 13.8 Å². The average molecular weight is 220 g/mol. The smallest absolute Gasteiger partial charge is 0.283 e. The van der Waals surface area contributed by atoms with Crippen molar-refractivity contribution in [3.63, 3.8) is 0 Å². The summed E-state index contributed by atoms with van der Waals surface area (Å²) in [5, 5.41) is 0. The Hall–Kier alpha value is -0.940. The third kappa shape index (κ3) is 2.52. The zero-order chi connectivity index (χ0) is 10.8. The summed E-state index contributed by atoms with van der Waals surface area (Å²) in [5.41, 5.74) is 0.109. The quantitative estimate of drug-likeness (QED) is 0.236. The number of carbonyl (C=O) groups excluding carboxylic acids is 1. The highest BCUT2D eigenvalue weighted by molar-refractivity contribution is 7.49. The van der Waals surface area contributed by atoms with Crippen molar-refractivity contribution in [3.05, 3.63) is 24.8 Å². The first-order valence-corrected chi connectivity index (χ1v) is 5.08. The van der Waals surface area contributed by atoms with Gasteiger partial charge < -0.3 is 0 Å². The lowest BCUT2D eigenvalue weighted by molar-refractivity contribution is -0.243. The molecule has 0 radical (unpaired) electrons. The van der Waals surface area contributed by atoms with E-state index in [0.717, 1.165) is 0 Å². The van der Waals surface area contributed by atoms with Gasteiger partial charge in [-0.2, -0.15) is 0 Å². The van der Waals surface area contributed by atoms with Crippen LogP contribution >= 0.6 is 7.82 Å². The molecule has 0 spiro atoms. The molecule has 0 atom stereocenters. The predicted octanol–water partition coefficient (Wildman–Crippen LogP) is 1.70. The third-order valence-corrected chi connectivity index (χ3v) is 2.40. The molecule has 0 aromatic heterocycles. The second-order valence-corrected chi connectivity index (χ2v) is 3.95. The summed E-state index contributed by atoms with van der Waals surface area (Å²) >= 11 is 0. The maximum atomic E-state index is 11.1. The molecule has 0 N–H and O–H groups in total. The van der Waals surface area contributed by atoms with Gasteiger partial charge in [0.1, 0.15) is 0 Å². The maximum Gasteiger partial charge on any atom is 0.516 e. The van der Waals surface area contributed by atoms with Crippen LogP contribution in [0.15, 0.2) is 24.8 Å². The molecule has 0 bridgehead atoms. The van der Waals surface area contributed by atoms with Gasteiger partial charge in [0, 0.05) is 5.57 Å². The predicted molar refractivity (Wildman–Crippen MR) is 45.8 cm³/mol. The van der Waals surface area contributed by atoms with Crippen molar-refractivity contribution in [2.75, 3.05) is 0 Å². The van der Waals surface area contributed by atoms with E-state index in [2.05, 4.69) is 31.8 Å². The van der Waals surface area contributed by atoms with Crippen LogP contribution in [0.2, 0.25) is 0 Å². The molecule has 14 heavy (non-hydrogen) atoms. The molecule has 1 aliphatic heterocycles. The van der Waals surface area contributed by atoms with Gasteiger partial charge in [0.15, 0.2) is 6.29 Å². The molecule has 1 saturated heterocycles. The second kappa shape index (κ2) is 4.06. The molecule has 1 heterocycles. The Kier molecular flexibility index (Phi) is 3.23. The number of hydrogen-bond donors (Lipinski definition) is 0. The SMILES string of the molecule is C=CC1OP(=O)(OOC(=O)C(=C)C)O1. The van der Waals surface area contributed by atoms with Gasteiger partial charge in [-0.15, -0.1) is 0 Å². The van der Waals surface area contributed by atoms with Crippen LogP contribution < -0.4 is 0 Å². The fourth-order valence-corrected chi connectivity index (χ4v) is 1.46. The highest BCUT2D eigenvalue weighted by Crippen LogP contribution is 2.60. The highest BCUT2D eigenvalue weighted by Gasteiger charge is 2.45. The number of hydrogen-bond acceptors (Lipinski definition) is 6. The number of rotatable bonds is 4. The first kappa shape index (κ1) is 11.1. The van der Waals surface area contributed by atoms with E-state index >= 15 is 0 Å². The summed E-state index contributed by atoms with van der Waals surface area (Å²) in [7, 11) is -3.71. The monoisotopic (exact) mass is 220 g/mol. The molecule has 0 saturated carbocycles. The maximum absolute atomic E-state index is 11.1. The van der Waals surface area contributed by atoms with Gasteiger partial charge in [-0.1, -0.05) is 17.8 Å². The van der Waals surface area contributed by atoms with Crippen LogP contribution in [0.25, 0.3) is 0 Å². The first-order valence-electron chi connectivity index (χ1n) is 3.62. The van der Waals surface area contributed by atoms with Gasteiger partial charge in [0.25, 0.3) is 0 Å². The van der Waals surface area contributed by atoms with E-state index in [1.807, 2.05) is 0 Å². The molecule has 0 aromatic carbocycles. The largest absolute Gasteiger partial charge is 0.516 e. The Balaban J connectivity index is 2.33. The number of phosphoric acid groups is 1. The molecule has 0 unspecified atom stereocenters. The summed E-state index contributed by atoms with van der Waals surface area (Å²) in [4.78, 5) is 14.9. The fourth-order valence-electron chi connectivity index (χ4n) is 0.534. The lowest BCUT2D eigenvalue weighted by Crippen LogP contribution is -2.25. The van der Waals surface area contributed by atoms with Crippen LogP contribution in [-0.4, -0.2) is 12.3 Å². The summed E-state index contributed by atoms with van der Waals surface area (Å²) in [6.07, 6.45) is 0.490. The van der Waals surface area contributed by atoms with Crippen molar-refractivity contribution in [1.29, 1.82) is 0 Å². The van der Waals surface area contributed by atoms with Crippen LogP contribution in [-0.2, 0) is 28.0 Å². The summed E-state index contributed by atoms with van der Waals surface area (Å²) in [6, 6.07) is 0. The van der Waals surface area contributed by atoms with E-state index in [1.54, 1.807) is 0 Å². The van der Waals surface area contributed by atoms with Gasteiger partial charge in [-0.3, -0.25) is 4.89 Å². The van der Waals surface area contributed by atoms with Crippen LogP contribution in [0.3, 0.4) is 0 Å². The Morgan fingerprint density at radius 2 is 2.14 bits per heavy atom.